The molecule has 0 spiro atoms. The molecule has 132 valence electrons. The van der Waals surface area contributed by atoms with Gasteiger partial charge in [0.05, 0.1) is 10.9 Å². The molecular weight excluding hydrogens is 346 g/mol. The molecule has 2 rings (SSSR count). The third kappa shape index (κ3) is 5.37. The summed E-state index contributed by atoms with van der Waals surface area (Å²) < 4.78 is 27.3. The van der Waals surface area contributed by atoms with Crippen LogP contribution in [-0.4, -0.2) is 31.9 Å². The van der Waals surface area contributed by atoms with Crippen LogP contribution < -0.4 is 10.5 Å². The molecule has 1 aromatic heterocycles. The van der Waals surface area contributed by atoms with Crippen molar-refractivity contribution in [3.05, 3.63) is 59.9 Å². The quantitative estimate of drug-likeness (QED) is 0.729. The Bertz CT molecular complexity index is 851. The van der Waals surface area contributed by atoms with Gasteiger partial charge in [-0.2, -0.15) is 0 Å². The summed E-state index contributed by atoms with van der Waals surface area (Å²) >= 11 is 0. The molecule has 0 bridgehead atoms. The van der Waals surface area contributed by atoms with E-state index < -0.39 is 34.5 Å². The molecule has 0 aliphatic heterocycles. The van der Waals surface area contributed by atoms with E-state index in [9.17, 15) is 18.0 Å². The van der Waals surface area contributed by atoms with Gasteiger partial charge in [-0.05, 0) is 36.8 Å². The summed E-state index contributed by atoms with van der Waals surface area (Å²) in [4.78, 5) is 27.4. The van der Waals surface area contributed by atoms with Crippen molar-refractivity contribution >= 4 is 21.9 Å². The van der Waals surface area contributed by atoms with Crippen molar-refractivity contribution < 1.29 is 22.7 Å². The van der Waals surface area contributed by atoms with Crippen molar-refractivity contribution in [2.75, 3.05) is 6.61 Å². The van der Waals surface area contributed by atoms with Crippen molar-refractivity contribution in [3.63, 3.8) is 0 Å². The number of hydrogen-bond acceptors (Lipinski definition) is 6. The average Bonchev–Trinajstić information content (AvgIpc) is 2.59. The first-order chi connectivity index (χ1) is 11.8. The van der Waals surface area contributed by atoms with E-state index in [0.29, 0.717) is 5.56 Å². The molecule has 1 amide bonds. The van der Waals surface area contributed by atoms with Crippen LogP contribution in [0, 0.1) is 0 Å². The monoisotopic (exact) mass is 363 g/mol. The van der Waals surface area contributed by atoms with E-state index in [4.69, 9.17) is 9.88 Å². The molecule has 0 saturated heterocycles. The second-order valence-electron chi connectivity index (χ2n) is 5.19. The molecule has 0 aliphatic rings. The van der Waals surface area contributed by atoms with Crippen LogP contribution in [0.2, 0.25) is 0 Å². The van der Waals surface area contributed by atoms with Crippen molar-refractivity contribution in [1.82, 2.24) is 10.3 Å². The van der Waals surface area contributed by atoms with Gasteiger partial charge in [-0.1, -0.05) is 18.2 Å². The summed E-state index contributed by atoms with van der Waals surface area (Å²) in [6, 6.07) is 10.2. The second kappa shape index (κ2) is 7.86. The molecule has 25 heavy (non-hydrogen) atoms. The van der Waals surface area contributed by atoms with Crippen LogP contribution in [0.5, 0.6) is 0 Å². The van der Waals surface area contributed by atoms with E-state index in [1.807, 2.05) is 0 Å². The Morgan fingerprint density at radius 1 is 1.20 bits per heavy atom. The summed E-state index contributed by atoms with van der Waals surface area (Å²) in [5.41, 5.74) is 0.790. The molecular formula is C16H17N3O5S. The second-order valence-corrected chi connectivity index (χ2v) is 6.76. The molecule has 0 fully saturated rings. The van der Waals surface area contributed by atoms with Gasteiger partial charge in [-0.15, -0.1) is 0 Å². The summed E-state index contributed by atoms with van der Waals surface area (Å²) in [6.45, 7) is 1.26. The van der Waals surface area contributed by atoms with Crippen molar-refractivity contribution in [3.8, 4) is 0 Å². The predicted octanol–water partition coefficient (Wildman–Crippen LogP) is 0.763. The number of amides is 1. The lowest BCUT2D eigenvalue weighted by Crippen LogP contribution is -2.31. The summed E-state index contributed by atoms with van der Waals surface area (Å²) in [7, 11) is -3.76. The van der Waals surface area contributed by atoms with E-state index in [2.05, 4.69) is 10.3 Å². The Morgan fingerprint density at radius 3 is 2.44 bits per heavy atom. The number of benzene rings is 1. The lowest BCUT2D eigenvalue weighted by molar-refractivity contribution is -0.124. The number of carbonyl (C=O) groups excluding carboxylic acids is 2. The van der Waals surface area contributed by atoms with E-state index in [0.717, 1.165) is 0 Å². The number of hydrogen-bond donors (Lipinski definition) is 2. The number of ether oxygens (including phenoxy) is 1. The molecule has 1 aromatic carbocycles. The third-order valence-electron chi connectivity index (χ3n) is 3.29. The standard InChI is InChI=1S/C16H17N3O5S/c1-11(12-5-7-13(8-6-12)25(17,22)23)19-15(20)10-24-16(21)14-4-2-3-9-18-14/h2-9,11H,10H2,1H3,(H,19,20)(H2,17,22,23)/t11-/m1/s1. The maximum Gasteiger partial charge on any atom is 0.357 e. The van der Waals surface area contributed by atoms with E-state index in [1.165, 1.54) is 24.4 Å². The highest BCUT2D eigenvalue weighted by Gasteiger charge is 2.14. The Balaban J connectivity index is 1.88. The Labute approximate surface area is 145 Å². The van der Waals surface area contributed by atoms with Crippen molar-refractivity contribution in [1.29, 1.82) is 0 Å². The number of sulfonamides is 1. The molecule has 2 aromatic rings. The third-order valence-corrected chi connectivity index (χ3v) is 4.22. The number of nitrogens with zero attached hydrogens (tertiary/aromatic N) is 1. The van der Waals surface area contributed by atoms with Gasteiger partial charge in [0.1, 0.15) is 5.69 Å². The average molecular weight is 363 g/mol. The Morgan fingerprint density at radius 2 is 1.88 bits per heavy atom. The molecule has 3 N–H and O–H groups in total. The lowest BCUT2D eigenvalue weighted by atomic mass is 10.1. The minimum absolute atomic E-state index is 0.0148. The van der Waals surface area contributed by atoms with Gasteiger partial charge < -0.3 is 10.1 Å². The van der Waals surface area contributed by atoms with Gasteiger partial charge in [0.25, 0.3) is 5.91 Å². The van der Waals surface area contributed by atoms with Gasteiger partial charge in [0.15, 0.2) is 6.61 Å². The smallest absolute Gasteiger partial charge is 0.357 e. The number of pyridine rings is 1. The molecule has 0 saturated carbocycles. The zero-order chi connectivity index (χ0) is 18.4. The molecule has 9 heteroatoms. The van der Waals surface area contributed by atoms with Gasteiger partial charge in [-0.3, -0.25) is 4.79 Å². The van der Waals surface area contributed by atoms with Crippen LogP contribution >= 0.6 is 0 Å². The minimum Gasteiger partial charge on any atom is -0.451 e. The van der Waals surface area contributed by atoms with E-state index in [1.54, 1.807) is 31.2 Å². The number of rotatable bonds is 6. The highest BCUT2D eigenvalue weighted by molar-refractivity contribution is 7.89. The van der Waals surface area contributed by atoms with Gasteiger partial charge in [-0.25, -0.2) is 23.3 Å². The molecule has 8 nitrogen and oxygen atoms in total. The highest BCUT2D eigenvalue weighted by atomic mass is 32.2. The molecule has 0 radical (unpaired) electrons. The van der Waals surface area contributed by atoms with Crippen LogP contribution in [0.25, 0.3) is 0 Å². The number of aromatic nitrogens is 1. The number of esters is 1. The number of carbonyl (C=O) groups is 2. The lowest BCUT2D eigenvalue weighted by Gasteiger charge is -2.14. The van der Waals surface area contributed by atoms with Gasteiger partial charge in [0, 0.05) is 6.20 Å². The fraction of sp³-hybridized carbons (Fsp3) is 0.188. The summed E-state index contributed by atoms with van der Waals surface area (Å²) in [5.74, 6) is -1.19. The highest BCUT2D eigenvalue weighted by Crippen LogP contribution is 2.15. The number of nitrogens with one attached hydrogen (secondary N) is 1. The zero-order valence-electron chi connectivity index (χ0n) is 13.4. The minimum atomic E-state index is -3.76. The van der Waals surface area contributed by atoms with Crippen LogP contribution in [-0.2, 0) is 19.6 Å². The van der Waals surface area contributed by atoms with Crippen LogP contribution in [0.4, 0.5) is 0 Å². The molecule has 1 heterocycles. The van der Waals surface area contributed by atoms with Crippen LogP contribution in [0.1, 0.15) is 29.0 Å². The fourth-order valence-corrected chi connectivity index (χ4v) is 2.52. The first-order valence-corrected chi connectivity index (χ1v) is 8.82. The van der Waals surface area contributed by atoms with Crippen LogP contribution in [0.3, 0.4) is 0 Å². The largest absolute Gasteiger partial charge is 0.451 e. The molecule has 1 atom stereocenters. The topological polar surface area (TPSA) is 128 Å². The SMILES string of the molecule is C[C@@H](NC(=O)COC(=O)c1ccccn1)c1ccc(S(N)(=O)=O)cc1. The van der Waals surface area contributed by atoms with Crippen molar-refractivity contribution in [2.24, 2.45) is 5.14 Å². The first kappa shape index (κ1) is 18.6. The van der Waals surface area contributed by atoms with E-state index in [-0.39, 0.29) is 10.6 Å². The number of primary sulfonamides is 1. The van der Waals surface area contributed by atoms with Crippen LogP contribution in [0.15, 0.2) is 53.6 Å². The van der Waals surface area contributed by atoms with Gasteiger partial charge >= 0.3 is 5.97 Å². The van der Waals surface area contributed by atoms with Gasteiger partial charge in [0.2, 0.25) is 10.0 Å². The fourth-order valence-electron chi connectivity index (χ4n) is 2.00. The maximum atomic E-state index is 11.9. The first-order valence-electron chi connectivity index (χ1n) is 7.27. The molecule has 0 aliphatic carbocycles. The molecule has 0 unspecified atom stereocenters. The zero-order valence-corrected chi connectivity index (χ0v) is 14.2. The summed E-state index contributed by atoms with van der Waals surface area (Å²) in [6.07, 6.45) is 1.45. The summed E-state index contributed by atoms with van der Waals surface area (Å²) in [5, 5.41) is 7.67. The number of nitrogens with two attached hydrogens (primary N) is 1. The normalized spacial score (nSPS) is 12.2. The maximum absolute atomic E-state index is 11.9. The Hall–Kier alpha value is -2.78. The van der Waals surface area contributed by atoms with Crippen molar-refractivity contribution in [2.45, 2.75) is 17.9 Å². The van der Waals surface area contributed by atoms with E-state index >= 15 is 0 Å². The Kier molecular flexibility index (Phi) is 5.84. The predicted molar refractivity (Wildman–Crippen MR) is 88.9 cm³/mol.